The van der Waals surface area contributed by atoms with Gasteiger partial charge < -0.3 is 10.5 Å². The van der Waals surface area contributed by atoms with E-state index in [1.165, 1.54) is 7.11 Å². The highest BCUT2D eigenvalue weighted by atomic mass is 19.1. The number of carbonyl (C=O) groups is 1. The Morgan fingerprint density at radius 3 is 2.50 bits per heavy atom. The Bertz CT molecular complexity index is 198. The van der Waals surface area contributed by atoms with E-state index in [1.54, 1.807) is 0 Å². The van der Waals surface area contributed by atoms with E-state index in [1.807, 2.05) is 0 Å². The second-order valence-electron chi connectivity index (χ2n) is 3.97. The van der Waals surface area contributed by atoms with Crippen molar-refractivity contribution >= 4 is 5.97 Å². The van der Waals surface area contributed by atoms with Crippen molar-refractivity contribution in [2.24, 2.45) is 17.1 Å². The molecule has 1 fully saturated rings. The molecule has 4 heteroatoms. The van der Waals surface area contributed by atoms with Crippen molar-refractivity contribution in [3.63, 3.8) is 0 Å². The summed E-state index contributed by atoms with van der Waals surface area (Å²) in [5.74, 6) is -0.431. The number of ether oxygens (including phenoxy) is 1. The average molecular weight is 203 g/mol. The van der Waals surface area contributed by atoms with Crippen LogP contribution >= 0.6 is 0 Å². The van der Waals surface area contributed by atoms with E-state index in [2.05, 4.69) is 4.74 Å². The predicted molar refractivity (Wildman–Crippen MR) is 51.4 cm³/mol. The third-order valence-corrected chi connectivity index (χ3v) is 3.33. The topological polar surface area (TPSA) is 52.3 Å². The molecular weight excluding hydrogens is 185 g/mol. The third kappa shape index (κ3) is 1.75. The average Bonchev–Trinajstić information content (AvgIpc) is 2.74. The van der Waals surface area contributed by atoms with Gasteiger partial charge in [0.15, 0.2) is 0 Å². The van der Waals surface area contributed by atoms with Crippen molar-refractivity contribution in [2.75, 3.05) is 20.3 Å². The molecule has 1 unspecified atom stereocenters. The van der Waals surface area contributed by atoms with Crippen LogP contribution in [0.5, 0.6) is 0 Å². The molecular formula is C10H18FNO2. The van der Waals surface area contributed by atoms with E-state index < -0.39 is 18.1 Å². The Morgan fingerprint density at radius 1 is 1.57 bits per heavy atom. The lowest BCUT2D eigenvalue weighted by atomic mass is 9.75. The fraction of sp³-hybridized carbons (Fsp3) is 0.900. The van der Waals surface area contributed by atoms with Crippen LogP contribution in [0.1, 0.15) is 25.7 Å². The van der Waals surface area contributed by atoms with Crippen LogP contribution in [0.3, 0.4) is 0 Å². The van der Waals surface area contributed by atoms with Gasteiger partial charge in [0, 0.05) is 6.54 Å². The van der Waals surface area contributed by atoms with Crippen molar-refractivity contribution in [1.29, 1.82) is 0 Å². The number of esters is 1. The van der Waals surface area contributed by atoms with Gasteiger partial charge >= 0.3 is 5.97 Å². The number of carbonyl (C=O) groups excluding carboxylic acids is 1. The zero-order chi connectivity index (χ0) is 10.6. The minimum atomic E-state index is -1.08. The molecule has 1 aliphatic rings. The summed E-state index contributed by atoms with van der Waals surface area (Å²) < 4.78 is 17.7. The summed E-state index contributed by atoms with van der Waals surface area (Å²) in [6.45, 7) is -0.665. The molecule has 1 saturated carbocycles. The minimum absolute atomic E-state index is 0.0425. The van der Waals surface area contributed by atoms with Gasteiger partial charge in [0.25, 0.3) is 0 Å². The largest absolute Gasteiger partial charge is 0.468 e. The first-order chi connectivity index (χ1) is 6.71. The molecule has 0 aliphatic heterocycles. The fourth-order valence-corrected chi connectivity index (χ4v) is 2.32. The first-order valence-corrected chi connectivity index (χ1v) is 5.05. The maximum Gasteiger partial charge on any atom is 0.316 e. The van der Waals surface area contributed by atoms with E-state index in [9.17, 15) is 9.18 Å². The molecule has 0 aromatic rings. The molecule has 0 heterocycles. The van der Waals surface area contributed by atoms with E-state index in [-0.39, 0.29) is 12.5 Å². The number of rotatable bonds is 4. The summed E-state index contributed by atoms with van der Waals surface area (Å²) >= 11 is 0. The van der Waals surface area contributed by atoms with Crippen molar-refractivity contribution in [1.82, 2.24) is 0 Å². The highest BCUT2D eigenvalue weighted by molar-refractivity contribution is 5.77. The molecule has 1 rings (SSSR count). The molecule has 14 heavy (non-hydrogen) atoms. The van der Waals surface area contributed by atoms with Gasteiger partial charge in [-0.05, 0) is 18.8 Å². The molecule has 0 saturated heterocycles. The molecule has 0 spiro atoms. The van der Waals surface area contributed by atoms with Crippen LogP contribution in [0.25, 0.3) is 0 Å². The lowest BCUT2D eigenvalue weighted by Crippen LogP contribution is -2.46. The SMILES string of the molecule is COC(=O)C(CN)(CF)C1CCCC1. The summed E-state index contributed by atoms with van der Waals surface area (Å²) in [5.41, 5.74) is 4.46. The second-order valence-corrected chi connectivity index (χ2v) is 3.97. The second kappa shape index (κ2) is 4.73. The van der Waals surface area contributed by atoms with E-state index >= 15 is 0 Å². The number of halogens is 1. The summed E-state index contributed by atoms with van der Waals surface area (Å²) in [5, 5.41) is 0. The number of alkyl halides is 1. The standard InChI is InChI=1S/C10H18FNO2/c1-14-9(13)10(6-11,7-12)8-4-2-3-5-8/h8H,2-7,12H2,1H3. The van der Waals surface area contributed by atoms with Crippen LogP contribution < -0.4 is 5.73 Å². The number of nitrogens with two attached hydrogens (primary N) is 1. The maximum absolute atomic E-state index is 13.0. The molecule has 1 atom stereocenters. The lowest BCUT2D eigenvalue weighted by molar-refractivity contribution is -0.157. The minimum Gasteiger partial charge on any atom is -0.468 e. The fourth-order valence-electron chi connectivity index (χ4n) is 2.32. The first-order valence-electron chi connectivity index (χ1n) is 5.05. The van der Waals surface area contributed by atoms with Crippen molar-refractivity contribution in [3.05, 3.63) is 0 Å². The zero-order valence-electron chi connectivity index (χ0n) is 8.59. The highest BCUT2D eigenvalue weighted by Crippen LogP contribution is 2.40. The van der Waals surface area contributed by atoms with Crippen LogP contribution in [0.2, 0.25) is 0 Å². The van der Waals surface area contributed by atoms with Gasteiger partial charge in [0.05, 0.1) is 7.11 Å². The Labute approximate surface area is 83.8 Å². The van der Waals surface area contributed by atoms with Gasteiger partial charge in [-0.3, -0.25) is 4.79 Å². The Hall–Kier alpha value is -0.640. The normalized spacial score (nSPS) is 21.9. The molecule has 82 valence electrons. The smallest absolute Gasteiger partial charge is 0.316 e. The van der Waals surface area contributed by atoms with Crippen molar-refractivity contribution in [2.45, 2.75) is 25.7 Å². The van der Waals surface area contributed by atoms with Crippen molar-refractivity contribution in [3.8, 4) is 0 Å². The van der Waals surface area contributed by atoms with Gasteiger partial charge in [0.1, 0.15) is 12.1 Å². The number of hydrogen-bond donors (Lipinski definition) is 1. The van der Waals surface area contributed by atoms with Gasteiger partial charge in [-0.15, -0.1) is 0 Å². The number of hydrogen-bond acceptors (Lipinski definition) is 3. The summed E-state index contributed by atoms with van der Waals surface area (Å²) in [7, 11) is 1.29. The molecule has 0 aromatic heterocycles. The Morgan fingerprint density at radius 2 is 2.14 bits per heavy atom. The van der Waals surface area contributed by atoms with Gasteiger partial charge in [-0.25, -0.2) is 4.39 Å². The molecule has 1 aliphatic carbocycles. The summed E-state index contributed by atoms with van der Waals surface area (Å²) in [6, 6.07) is 0. The molecule has 0 radical (unpaired) electrons. The first kappa shape index (κ1) is 11.4. The van der Waals surface area contributed by atoms with Crippen molar-refractivity contribution < 1.29 is 13.9 Å². The van der Waals surface area contributed by atoms with E-state index in [0.717, 1.165) is 25.7 Å². The van der Waals surface area contributed by atoms with Gasteiger partial charge in [-0.2, -0.15) is 0 Å². The monoisotopic (exact) mass is 203 g/mol. The third-order valence-electron chi connectivity index (χ3n) is 3.33. The molecule has 0 amide bonds. The Kier molecular flexibility index (Phi) is 3.86. The Balaban J connectivity index is 2.83. The molecule has 0 aromatic carbocycles. The van der Waals surface area contributed by atoms with Crippen LogP contribution in [0.15, 0.2) is 0 Å². The van der Waals surface area contributed by atoms with Gasteiger partial charge in [-0.1, -0.05) is 12.8 Å². The van der Waals surface area contributed by atoms with E-state index in [0.29, 0.717) is 0 Å². The zero-order valence-corrected chi connectivity index (χ0v) is 8.59. The summed E-state index contributed by atoms with van der Waals surface area (Å²) in [4.78, 5) is 11.5. The van der Waals surface area contributed by atoms with Crippen LogP contribution in [-0.4, -0.2) is 26.3 Å². The van der Waals surface area contributed by atoms with Crippen LogP contribution in [0.4, 0.5) is 4.39 Å². The number of methoxy groups -OCH3 is 1. The van der Waals surface area contributed by atoms with Gasteiger partial charge in [0.2, 0.25) is 0 Å². The maximum atomic E-state index is 13.0. The molecule has 3 nitrogen and oxygen atoms in total. The predicted octanol–water partition coefficient (Wildman–Crippen LogP) is 1.26. The molecule has 2 N–H and O–H groups in total. The van der Waals surface area contributed by atoms with E-state index in [4.69, 9.17) is 5.73 Å². The van der Waals surface area contributed by atoms with Crippen LogP contribution in [-0.2, 0) is 9.53 Å². The lowest BCUT2D eigenvalue weighted by Gasteiger charge is -2.32. The quantitative estimate of drug-likeness (QED) is 0.700. The molecule has 0 bridgehead atoms. The van der Waals surface area contributed by atoms with Crippen LogP contribution in [0, 0.1) is 11.3 Å². The summed E-state index contributed by atoms with van der Waals surface area (Å²) in [6.07, 6.45) is 3.89. The highest BCUT2D eigenvalue weighted by Gasteiger charge is 2.46.